The van der Waals surface area contributed by atoms with E-state index in [9.17, 15) is 22.8 Å². The van der Waals surface area contributed by atoms with Crippen LogP contribution in [0.5, 0.6) is 0 Å². The van der Waals surface area contributed by atoms with Crippen LogP contribution in [-0.2, 0) is 24.3 Å². The van der Waals surface area contributed by atoms with E-state index in [0.717, 1.165) is 17.7 Å². The molecule has 2 heterocycles. The molecule has 9 nitrogen and oxygen atoms in total. The van der Waals surface area contributed by atoms with E-state index in [0.29, 0.717) is 23.7 Å². The standard InChI is InChI=1S/C21H24N2O7S2/c1-13-14(2)31-19(18(13)21(26)29-3)22-17(24)12-30-20(25)15-6-8-16(9-7-15)32(27,28)23-10-4-5-11-23/h6-9H,4-5,10-12H2,1-3H3,(H,22,24). The Kier molecular flexibility index (Phi) is 7.32. The number of methoxy groups -OCH3 is 1. The molecule has 0 saturated carbocycles. The summed E-state index contributed by atoms with van der Waals surface area (Å²) in [5.74, 6) is -1.95. The highest BCUT2D eigenvalue weighted by Crippen LogP contribution is 2.32. The number of aryl methyl sites for hydroxylation is 1. The van der Waals surface area contributed by atoms with Gasteiger partial charge < -0.3 is 14.8 Å². The van der Waals surface area contributed by atoms with E-state index in [4.69, 9.17) is 9.47 Å². The van der Waals surface area contributed by atoms with Gasteiger partial charge in [0.15, 0.2) is 6.61 Å². The Balaban J connectivity index is 1.61. The zero-order chi connectivity index (χ0) is 23.5. The van der Waals surface area contributed by atoms with E-state index in [1.54, 1.807) is 6.92 Å². The smallest absolute Gasteiger partial charge is 0.341 e. The minimum absolute atomic E-state index is 0.104. The van der Waals surface area contributed by atoms with E-state index in [1.807, 2.05) is 6.92 Å². The molecular weight excluding hydrogens is 456 g/mol. The van der Waals surface area contributed by atoms with E-state index in [1.165, 1.54) is 47.0 Å². The van der Waals surface area contributed by atoms with Gasteiger partial charge in [0.2, 0.25) is 10.0 Å². The summed E-state index contributed by atoms with van der Waals surface area (Å²) in [5.41, 5.74) is 1.10. The Bertz CT molecular complexity index is 1130. The van der Waals surface area contributed by atoms with Crippen molar-refractivity contribution in [1.82, 2.24) is 4.31 Å². The average molecular weight is 481 g/mol. The third kappa shape index (κ3) is 5.00. The molecule has 1 aliphatic heterocycles. The number of amides is 1. The molecule has 0 spiro atoms. The summed E-state index contributed by atoms with van der Waals surface area (Å²) >= 11 is 1.22. The minimum atomic E-state index is -3.58. The first-order chi connectivity index (χ1) is 15.1. The fourth-order valence-electron chi connectivity index (χ4n) is 3.28. The van der Waals surface area contributed by atoms with Gasteiger partial charge in [0.25, 0.3) is 5.91 Å². The van der Waals surface area contributed by atoms with Crippen LogP contribution in [-0.4, -0.2) is 57.4 Å². The number of esters is 2. The first kappa shape index (κ1) is 23.9. The lowest BCUT2D eigenvalue weighted by atomic mass is 10.1. The van der Waals surface area contributed by atoms with Crippen molar-refractivity contribution in [2.24, 2.45) is 0 Å². The summed E-state index contributed by atoms with van der Waals surface area (Å²) in [6.07, 6.45) is 1.66. The van der Waals surface area contributed by atoms with Crippen LogP contribution in [0.15, 0.2) is 29.2 Å². The van der Waals surface area contributed by atoms with Crippen molar-refractivity contribution < 1.29 is 32.3 Å². The molecule has 1 N–H and O–H groups in total. The van der Waals surface area contributed by atoms with Gasteiger partial charge >= 0.3 is 11.9 Å². The quantitative estimate of drug-likeness (QED) is 0.605. The van der Waals surface area contributed by atoms with Crippen molar-refractivity contribution in [3.8, 4) is 0 Å². The molecule has 1 amide bonds. The molecule has 1 aliphatic rings. The number of carbonyl (C=O) groups is 3. The molecule has 0 aliphatic carbocycles. The van der Waals surface area contributed by atoms with Crippen LogP contribution in [0.25, 0.3) is 0 Å². The number of nitrogens with one attached hydrogen (secondary N) is 1. The number of thiophene rings is 1. The van der Waals surface area contributed by atoms with Gasteiger partial charge in [-0.2, -0.15) is 4.31 Å². The summed E-state index contributed by atoms with van der Waals surface area (Å²) in [6, 6.07) is 5.41. The summed E-state index contributed by atoms with van der Waals surface area (Å²) < 4.78 is 36.3. The molecule has 172 valence electrons. The van der Waals surface area contributed by atoms with Crippen LogP contribution in [0.4, 0.5) is 5.00 Å². The molecule has 1 aromatic heterocycles. The second kappa shape index (κ2) is 9.80. The van der Waals surface area contributed by atoms with Crippen LogP contribution in [0.1, 0.15) is 44.0 Å². The van der Waals surface area contributed by atoms with Crippen molar-refractivity contribution in [2.75, 3.05) is 32.1 Å². The Morgan fingerprint density at radius 1 is 1.06 bits per heavy atom. The molecule has 0 bridgehead atoms. The summed E-state index contributed by atoms with van der Waals surface area (Å²) in [5, 5.41) is 2.89. The van der Waals surface area contributed by atoms with Crippen LogP contribution < -0.4 is 5.32 Å². The Morgan fingerprint density at radius 3 is 2.28 bits per heavy atom. The number of rotatable bonds is 7. The number of nitrogens with zero attached hydrogens (tertiary/aromatic N) is 1. The van der Waals surface area contributed by atoms with Crippen molar-refractivity contribution in [2.45, 2.75) is 31.6 Å². The molecule has 0 unspecified atom stereocenters. The summed E-state index contributed by atoms with van der Waals surface area (Å²) in [4.78, 5) is 37.4. The fourth-order valence-corrected chi connectivity index (χ4v) is 5.86. The zero-order valence-corrected chi connectivity index (χ0v) is 19.6. The molecule has 1 fully saturated rings. The van der Waals surface area contributed by atoms with Crippen molar-refractivity contribution in [1.29, 1.82) is 0 Å². The zero-order valence-electron chi connectivity index (χ0n) is 18.0. The average Bonchev–Trinajstić information content (AvgIpc) is 3.41. The third-order valence-corrected chi connectivity index (χ3v) is 8.19. The SMILES string of the molecule is COC(=O)c1c(NC(=O)COC(=O)c2ccc(S(=O)(=O)N3CCCC3)cc2)sc(C)c1C. The van der Waals surface area contributed by atoms with Crippen LogP contribution in [0.3, 0.4) is 0 Å². The van der Waals surface area contributed by atoms with Gasteiger partial charge in [0, 0.05) is 18.0 Å². The van der Waals surface area contributed by atoms with E-state index in [2.05, 4.69) is 5.32 Å². The Hall–Kier alpha value is -2.76. The highest BCUT2D eigenvalue weighted by atomic mass is 32.2. The van der Waals surface area contributed by atoms with Gasteiger partial charge in [-0.3, -0.25) is 4.79 Å². The van der Waals surface area contributed by atoms with Gasteiger partial charge in [0.05, 0.1) is 23.1 Å². The Morgan fingerprint density at radius 2 is 1.69 bits per heavy atom. The summed E-state index contributed by atoms with van der Waals surface area (Å²) in [6.45, 7) is 3.98. The van der Waals surface area contributed by atoms with Gasteiger partial charge in [-0.15, -0.1) is 11.3 Å². The largest absolute Gasteiger partial charge is 0.465 e. The van der Waals surface area contributed by atoms with E-state index >= 15 is 0 Å². The molecule has 32 heavy (non-hydrogen) atoms. The first-order valence-electron chi connectivity index (χ1n) is 9.90. The van der Waals surface area contributed by atoms with Crippen LogP contribution in [0, 0.1) is 13.8 Å². The monoisotopic (exact) mass is 480 g/mol. The van der Waals surface area contributed by atoms with Crippen molar-refractivity contribution in [3.05, 3.63) is 45.8 Å². The van der Waals surface area contributed by atoms with Crippen molar-refractivity contribution >= 4 is 44.2 Å². The number of benzene rings is 1. The second-order valence-electron chi connectivity index (χ2n) is 7.24. The number of hydrogen-bond acceptors (Lipinski definition) is 8. The maximum absolute atomic E-state index is 12.6. The predicted molar refractivity (Wildman–Crippen MR) is 118 cm³/mol. The maximum Gasteiger partial charge on any atom is 0.341 e. The topological polar surface area (TPSA) is 119 Å². The molecule has 2 aromatic rings. The fraction of sp³-hybridized carbons (Fsp3) is 0.381. The lowest BCUT2D eigenvalue weighted by Gasteiger charge is -2.15. The van der Waals surface area contributed by atoms with Crippen LogP contribution in [0.2, 0.25) is 0 Å². The normalized spacial score (nSPS) is 14.2. The maximum atomic E-state index is 12.6. The first-order valence-corrected chi connectivity index (χ1v) is 12.2. The molecule has 1 aromatic carbocycles. The molecule has 1 saturated heterocycles. The van der Waals surface area contributed by atoms with Gasteiger partial charge in [-0.25, -0.2) is 18.0 Å². The second-order valence-corrected chi connectivity index (χ2v) is 10.4. The van der Waals surface area contributed by atoms with Crippen LogP contribution >= 0.6 is 11.3 Å². The summed E-state index contributed by atoms with van der Waals surface area (Å²) in [7, 11) is -2.32. The number of hydrogen-bond donors (Lipinski definition) is 1. The van der Waals surface area contributed by atoms with E-state index < -0.39 is 34.5 Å². The highest BCUT2D eigenvalue weighted by Gasteiger charge is 2.27. The van der Waals surface area contributed by atoms with Gasteiger partial charge in [-0.1, -0.05) is 0 Å². The van der Waals surface area contributed by atoms with E-state index in [-0.39, 0.29) is 16.0 Å². The molecule has 0 radical (unpaired) electrons. The van der Waals surface area contributed by atoms with Gasteiger partial charge in [0.1, 0.15) is 5.00 Å². The van der Waals surface area contributed by atoms with Gasteiger partial charge in [-0.05, 0) is 56.5 Å². The number of carbonyl (C=O) groups excluding carboxylic acids is 3. The van der Waals surface area contributed by atoms with Crippen molar-refractivity contribution in [3.63, 3.8) is 0 Å². The Labute approximate surface area is 190 Å². The number of sulfonamides is 1. The molecular formula is C21H24N2O7S2. The predicted octanol–water partition coefficient (Wildman–Crippen LogP) is 2.73. The third-order valence-electron chi connectivity index (χ3n) is 5.15. The number of ether oxygens (including phenoxy) is 2. The molecule has 3 rings (SSSR count). The lowest BCUT2D eigenvalue weighted by Crippen LogP contribution is -2.27. The minimum Gasteiger partial charge on any atom is -0.465 e. The highest BCUT2D eigenvalue weighted by molar-refractivity contribution is 7.89. The lowest BCUT2D eigenvalue weighted by molar-refractivity contribution is -0.119. The number of anilines is 1. The molecule has 0 atom stereocenters. The molecule has 11 heteroatoms.